The molecule has 78 valence electrons. The predicted octanol–water partition coefficient (Wildman–Crippen LogP) is 0.694. The molecule has 0 aromatic heterocycles. The van der Waals surface area contributed by atoms with Gasteiger partial charge < -0.3 is 15.4 Å². The van der Waals surface area contributed by atoms with Crippen molar-refractivity contribution >= 4 is 0 Å². The first-order valence-electron chi connectivity index (χ1n) is 5.28. The van der Waals surface area contributed by atoms with Crippen LogP contribution in [0.15, 0.2) is 0 Å². The third kappa shape index (κ3) is 4.07. The minimum Gasteiger partial charge on any atom is -0.384 e. The number of methoxy groups -OCH3 is 1. The zero-order valence-electron chi connectivity index (χ0n) is 8.67. The summed E-state index contributed by atoms with van der Waals surface area (Å²) in [7, 11) is 1.79. The summed E-state index contributed by atoms with van der Waals surface area (Å²) in [6.07, 6.45) is 3.77. The topological polar surface area (TPSA) is 38.5 Å². The molecule has 0 saturated carbocycles. The van der Waals surface area contributed by atoms with Crippen LogP contribution in [0.25, 0.3) is 0 Å². The number of nitrogens with zero attached hydrogens (tertiary/aromatic N) is 1. The van der Waals surface area contributed by atoms with Crippen molar-refractivity contribution in [1.82, 2.24) is 4.90 Å². The Hall–Kier alpha value is -0.120. The first-order valence-corrected chi connectivity index (χ1v) is 5.28. The van der Waals surface area contributed by atoms with Crippen molar-refractivity contribution in [3.8, 4) is 0 Å². The third-order valence-corrected chi connectivity index (χ3v) is 2.68. The molecule has 1 atom stereocenters. The van der Waals surface area contributed by atoms with Crippen LogP contribution in [-0.4, -0.2) is 44.8 Å². The highest BCUT2D eigenvalue weighted by Gasteiger charge is 2.18. The summed E-state index contributed by atoms with van der Waals surface area (Å²) < 4.78 is 5.18. The van der Waals surface area contributed by atoms with Gasteiger partial charge in [-0.1, -0.05) is 0 Å². The fraction of sp³-hybridized carbons (Fsp3) is 1.00. The molecule has 0 amide bonds. The van der Waals surface area contributed by atoms with Gasteiger partial charge in [0.25, 0.3) is 0 Å². The maximum Gasteiger partial charge on any atom is 0.0502 e. The molecular formula is C10H22N2O. The van der Waals surface area contributed by atoms with Crippen molar-refractivity contribution in [2.45, 2.75) is 19.3 Å². The number of hydrogen-bond acceptors (Lipinski definition) is 3. The van der Waals surface area contributed by atoms with Gasteiger partial charge in [-0.05, 0) is 44.8 Å². The van der Waals surface area contributed by atoms with Crippen LogP contribution in [0.5, 0.6) is 0 Å². The lowest BCUT2D eigenvalue weighted by atomic mass is 9.99. The molecule has 1 aliphatic rings. The van der Waals surface area contributed by atoms with Crippen LogP contribution in [0.4, 0.5) is 0 Å². The molecule has 1 saturated heterocycles. The first kappa shape index (κ1) is 11.0. The summed E-state index contributed by atoms with van der Waals surface area (Å²) in [5.74, 6) is 0.747. The molecule has 0 aromatic carbocycles. The van der Waals surface area contributed by atoms with Crippen molar-refractivity contribution in [2.75, 3.05) is 39.9 Å². The average molecular weight is 186 g/mol. The zero-order valence-corrected chi connectivity index (χ0v) is 8.67. The Morgan fingerprint density at radius 3 is 3.08 bits per heavy atom. The minimum atomic E-state index is 0.747. The molecule has 2 N–H and O–H groups in total. The molecule has 0 radical (unpaired) electrons. The Bertz CT molecular complexity index is 128. The van der Waals surface area contributed by atoms with Gasteiger partial charge in [-0.25, -0.2) is 0 Å². The van der Waals surface area contributed by atoms with E-state index in [1.807, 2.05) is 0 Å². The van der Waals surface area contributed by atoms with Gasteiger partial charge in [0.15, 0.2) is 0 Å². The lowest BCUT2D eigenvalue weighted by Crippen LogP contribution is -2.38. The minimum absolute atomic E-state index is 0.747. The average Bonchev–Trinajstić information content (AvgIpc) is 2.16. The Kier molecular flexibility index (Phi) is 5.35. The molecule has 3 heteroatoms. The van der Waals surface area contributed by atoms with E-state index in [2.05, 4.69) is 4.90 Å². The SMILES string of the molecule is COC[C@H]1CCCN(CCCN)C1. The second-order valence-electron chi connectivity index (χ2n) is 3.91. The van der Waals surface area contributed by atoms with Crippen LogP contribution in [0, 0.1) is 5.92 Å². The molecule has 1 heterocycles. The Morgan fingerprint density at radius 1 is 1.54 bits per heavy atom. The van der Waals surface area contributed by atoms with Gasteiger partial charge in [0.05, 0.1) is 6.61 Å². The second kappa shape index (κ2) is 6.35. The predicted molar refractivity (Wildman–Crippen MR) is 54.7 cm³/mol. The maximum atomic E-state index is 5.49. The number of rotatable bonds is 5. The molecule has 0 unspecified atom stereocenters. The van der Waals surface area contributed by atoms with E-state index >= 15 is 0 Å². The highest BCUT2D eigenvalue weighted by atomic mass is 16.5. The van der Waals surface area contributed by atoms with E-state index in [0.29, 0.717) is 0 Å². The van der Waals surface area contributed by atoms with Crippen LogP contribution in [0.2, 0.25) is 0 Å². The Morgan fingerprint density at radius 2 is 2.38 bits per heavy atom. The maximum absolute atomic E-state index is 5.49. The van der Waals surface area contributed by atoms with E-state index in [1.165, 1.54) is 25.9 Å². The van der Waals surface area contributed by atoms with Gasteiger partial charge >= 0.3 is 0 Å². The van der Waals surface area contributed by atoms with Crippen LogP contribution in [-0.2, 0) is 4.74 Å². The van der Waals surface area contributed by atoms with Gasteiger partial charge in [-0.15, -0.1) is 0 Å². The lowest BCUT2D eigenvalue weighted by molar-refractivity contribution is 0.0904. The van der Waals surface area contributed by atoms with Crippen molar-refractivity contribution in [3.63, 3.8) is 0 Å². The van der Waals surface area contributed by atoms with Crippen LogP contribution in [0.3, 0.4) is 0 Å². The van der Waals surface area contributed by atoms with Gasteiger partial charge in [0, 0.05) is 13.7 Å². The number of piperidine rings is 1. The molecular weight excluding hydrogens is 164 g/mol. The molecule has 0 aromatic rings. The van der Waals surface area contributed by atoms with Crippen LogP contribution >= 0.6 is 0 Å². The van der Waals surface area contributed by atoms with Gasteiger partial charge in [0.2, 0.25) is 0 Å². The third-order valence-electron chi connectivity index (χ3n) is 2.68. The Labute approximate surface area is 81.2 Å². The fourth-order valence-corrected chi connectivity index (χ4v) is 2.04. The summed E-state index contributed by atoms with van der Waals surface area (Å²) >= 11 is 0. The number of ether oxygens (including phenoxy) is 1. The molecule has 0 bridgehead atoms. The van der Waals surface area contributed by atoms with Crippen LogP contribution in [0.1, 0.15) is 19.3 Å². The molecule has 3 nitrogen and oxygen atoms in total. The molecule has 0 aliphatic carbocycles. The van der Waals surface area contributed by atoms with E-state index in [4.69, 9.17) is 10.5 Å². The standard InChI is InChI=1S/C10H22N2O/c1-13-9-10-4-2-6-12(8-10)7-3-5-11/h10H,2-9,11H2,1H3/t10-/m0/s1. The van der Waals surface area contributed by atoms with E-state index in [9.17, 15) is 0 Å². The first-order chi connectivity index (χ1) is 6.36. The van der Waals surface area contributed by atoms with Gasteiger partial charge in [0.1, 0.15) is 0 Å². The van der Waals surface area contributed by atoms with E-state index < -0.39 is 0 Å². The second-order valence-corrected chi connectivity index (χ2v) is 3.91. The van der Waals surface area contributed by atoms with Crippen molar-refractivity contribution in [1.29, 1.82) is 0 Å². The highest BCUT2D eigenvalue weighted by molar-refractivity contribution is 4.72. The molecule has 1 aliphatic heterocycles. The highest BCUT2D eigenvalue weighted by Crippen LogP contribution is 2.16. The van der Waals surface area contributed by atoms with Crippen LogP contribution < -0.4 is 5.73 Å². The summed E-state index contributed by atoms with van der Waals surface area (Å²) in [6.45, 7) is 5.34. The monoisotopic (exact) mass is 186 g/mol. The van der Waals surface area contributed by atoms with Gasteiger partial charge in [-0.2, -0.15) is 0 Å². The summed E-state index contributed by atoms with van der Waals surface area (Å²) in [4.78, 5) is 2.51. The molecule has 1 fully saturated rings. The summed E-state index contributed by atoms with van der Waals surface area (Å²) in [5, 5.41) is 0. The lowest BCUT2D eigenvalue weighted by Gasteiger charge is -2.32. The summed E-state index contributed by atoms with van der Waals surface area (Å²) in [6, 6.07) is 0. The van der Waals surface area contributed by atoms with Crippen molar-refractivity contribution < 1.29 is 4.74 Å². The fourth-order valence-electron chi connectivity index (χ4n) is 2.04. The number of nitrogens with two attached hydrogens (primary N) is 1. The molecule has 0 spiro atoms. The molecule has 1 rings (SSSR count). The van der Waals surface area contributed by atoms with E-state index in [-0.39, 0.29) is 0 Å². The number of hydrogen-bond donors (Lipinski definition) is 1. The van der Waals surface area contributed by atoms with Gasteiger partial charge in [-0.3, -0.25) is 0 Å². The normalized spacial score (nSPS) is 24.9. The smallest absolute Gasteiger partial charge is 0.0502 e. The zero-order chi connectivity index (χ0) is 9.52. The van der Waals surface area contributed by atoms with E-state index in [1.54, 1.807) is 7.11 Å². The number of likely N-dealkylation sites (tertiary alicyclic amines) is 1. The Balaban J connectivity index is 2.16. The molecule has 13 heavy (non-hydrogen) atoms. The quantitative estimate of drug-likeness (QED) is 0.686. The van der Waals surface area contributed by atoms with E-state index in [0.717, 1.165) is 32.0 Å². The largest absolute Gasteiger partial charge is 0.384 e. The summed E-state index contributed by atoms with van der Waals surface area (Å²) in [5.41, 5.74) is 5.49. The van der Waals surface area contributed by atoms with Crippen molar-refractivity contribution in [3.05, 3.63) is 0 Å². The van der Waals surface area contributed by atoms with Crippen molar-refractivity contribution in [2.24, 2.45) is 11.7 Å².